The molecule has 1 aromatic heterocycles. The average Bonchev–Trinajstić information content (AvgIpc) is 2.95. The van der Waals surface area contributed by atoms with Crippen LogP contribution in [0, 0.1) is 10.1 Å². The molecule has 0 atom stereocenters. The van der Waals surface area contributed by atoms with Crippen LogP contribution in [0.25, 0.3) is 16.3 Å². The van der Waals surface area contributed by atoms with Crippen molar-refractivity contribution < 1.29 is 9.72 Å². The molecule has 7 heteroatoms. The Morgan fingerprint density at radius 3 is 2.65 bits per heavy atom. The Balaban J connectivity index is 1.85. The fraction of sp³-hybridized carbons (Fsp3) is 0.158. The van der Waals surface area contributed by atoms with Crippen molar-refractivity contribution in [1.29, 1.82) is 0 Å². The van der Waals surface area contributed by atoms with Gasteiger partial charge in [0.05, 0.1) is 15.1 Å². The van der Waals surface area contributed by atoms with Crippen LogP contribution in [0.15, 0.2) is 53.5 Å². The number of carbonyl (C=O) groups excluding carboxylic acids is 1. The van der Waals surface area contributed by atoms with Crippen molar-refractivity contribution in [2.45, 2.75) is 13.3 Å². The summed E-state index contributed by atoms with van der Waals surface area (Å²) in [5.74, 6) is -0.374. The fourth-order valence-electron chi connectivity index (χ4n) is 2.51. The van der Waals surface area contributed by atoms with Crippen LogP contribution in [0.3, 0.4) is 0 Å². The quantitative estimate of drug-likeness (QED) is 0.399. The third kappa shape index (κ3) is 3.78. The summed E-state index contributed by atoms with van der Waals surface area (Å²) in [6.45, 7) is 2.10. The average molecular weight is 367 g/mol. The summed E-state index contributed by atoms with van der Waals surface area (Å²) in [6.07, 6.45) is 3.92. The highest BCUT2D eigenvalue weighted by atomic mass is 32.1. The number of hydrogen-bond donors (Lipinski definition) is 0. The van der Waals surface area contributed by atoms with Gasteiger partial charge in [0.25, 0.3) is 11.6 Å². The zero-order valence-electron chi connectivity index (χ0n) is 14.4. The van der Waals surface area contributed by atoms with E-state index in [1.807, 2.05) is 17.7 Å². The topological polar surface area (TPSA) is 77.5 Å². The standard InChI is InChI=1S/C19H17N3O3S/c1-3-13-6-10-16-17(12-13)26-19(21(16)2)20-18(23)11-7-14-4-8-15(9-5-14)22(24)25/h4-12H,3H2,1-2H3. The number of fused-ring (bicyclic) bond motifs is 1. The Kier molecular flexibility index (Phi) is 5.09. The zero-order valence-corrected chi connectivity index (χ0v) is 15.2. The van der Waals surface area contributed by atoms with Crippen molar-refractivity contribution in [2.75, 3.05) is 0 Å². The minimum Gasteiger partial charge on any atom is -0.319 e. The number of nitro benzene ring substituents is 1. The molecule has 0 fully saturated rings. The number of thiazole rings is 1. The maximum atomic E-state index is 12.1. The fourth-order valence-corrected chi connectivity index (χ4v) is 3.60. The van der Waals surface area contributed by atoms with E-state index in [2.05, 4.69) is 24.0 Å². The molecule has 1 amide bonds. The van der Waals surface area contributed by atoms with E-state index in [1.165, 1.54) is 35.1 Å². The van der Waals surface area contributed by atoms with E-state index in [4.69, 9.17) is 0 Å². The van der Waals surface area contributed by atoms with Gasteiger partial charge in [0.15, 0.2) is 4.80 Å². The normalized spacial score (nSPS) is 12.2. The molecule has 0 N–H and O–H groups in total. The van der Waals surface area contributed by atoms with E-state index in [-0.39, 0.29) is 11.6 Å². The molecule has 6 nitrogen and oxygen atoms in total. The molecule has 0 saturated heterocycles. The number of amides is 1. The molecule has 0 aliphatic carbocycles. The second kappa shape index (κ2) is 7.45. The zero-order chi connectivity index (χ0) is 18.7. The molecule has 2 aromatic carbocycles. The number of carbonyl (C=O) groups is 1. The first-order valence-corrected chi connectivity index (χ1v) is 8.89. The third-order valence-corrected chi connectivity index (χ3v) is 5.10. The van der Waals surface area contributed by atoms with Crippen molar-refractivity contribution >= 4 is 39.2 Å². The summed E-state index contributed by atoms with van der Waals surface area (Å²) in [7, 11) is 1.89. The first-order chi connectivity index (χ1) is 12.5. The summed E-state index contributed by atoms with van der Waals surface area (Å²) in [5, 5.41) is 10.6. The summed E-state index contributed by atoms with van der Waals surface area (Å²) >= 11 is 1.48. The highest BCUT2D eigenvalue weighted by molar-refractivity contribution is 7.16. The van der Waals surface area contributed by atoms with Gasteiger partial charge in [-0.15, -0.1) is 0 Å². The van der Waals surface area contributed by atoms with Crippen molar-refractivity contribution in [3.05, 3.63) is 74.6 Å². The molecule has 3 rings (SSSR count). The number of rotatable bonds is 4. The molecular weight excluding hydrogens is 350 g/mol. The number of non-ortho nitro benzene ring substituents is 1. The summed E-state index contributed by atoms with van der Waals surface area (Å²) < 4.78 is 2.99. The molecular formula is C19H17N3O3S. The largest absolute Gasteiger partial charge is 0.319 e. The van der Waals surface area contributed by atoms with Gasteiger partial charge in [-0.25, -0.2) is 0 Å². The predicted octanol–water partition coefficient (Wildman–Crippen LogP) is 3.85. The lowest BCUT2D eigenvalue weighted by Gasteiger charge is -1.97. The van der Waals surface area contributed by atoms with Gasteiger partial charge >= 0.3 is 0 Å². The number of nitro groups is 1. The third-order valence-electron chi connectivity index (χ3n) is 4.01. The van der Waals surface area contributed by atoms with Gasteiger partial charge in [-0.3, -0.25) is 14.9 Å². The summed E-state index contributed by atoms with van der Waals surface area (Å²) in [6, 6.07) is 12.2. The Bertz CT molecular complexity index is 1080. The Hall–Kier alpha value is -3.06. The van der Waals surface area contributed by atoms with Gasteiger partial charge in [-0.1, -0.05) is 24.3 Å². The second-order valence-corrected chi connectivity index (χ2v) is 6.74. The van der Waals surface area contributed by atoms with Crippen LogP contribution in [0.1, 0.15) is 18.1 Å². The van der Waals surface area contributed by atoms with Crippen LogP contribution in [0.2, 0.25) is 0 Å². The highest BCUT2D eigenvalue weighted by Crippen LogP contribution is 2.18. The first kappa shape index (κ1) is 17.8. The van der Waals surface area contributed by atoms with Crippen molar-refractivity contribution in [3.63, 3.8) is 0 Å². The van der Waals surface area contributed by atoms with E-state index in [0.717, 1.165) is 16.6 Å². The van der Waals surface area contributed by atoms with E-state index in [1.54, 1.807) is 18.2 Å². The molecule has 0 bridgehead atoms. The van der Waals surface area contributed by atoms with E-state index in [0.29, 0.717) is 10.4 Å². The van der Waals surface area contributed by atoms with E-state index in [9.17, 15) is 14.9 Å². The highest BCUT2D eigenvalue weighted by Gasteiger charge is 2.05. The van der Waals surface area contributed by atoms with Crippen molar-refractivity contribution in [3.8, 4) is 0 Å². The van der Waals surface area contributed by atoms with Gasteiger partial charge in [0.1, 0.15) is 0 Å². The first-order valence-electron chi connectivity index (χ1n) is 8.07. The maximum Gasteiger partial charge on any atom is 0.272 e. The van der Waals surface area contributed by atoms with Crippen LogP contribution in [0.5, 0.6) is 0 Å². The monoisotopic (exact) mass is 367 g/mol. The predicted molar refractivity (Wildman–Crippen MR) is 103 cm³/mol. The molecule has 1 heterocycles. The van der Waals surface area contributed by atoms with E-state index < -0.39 is 4.92 Å². The van der Waals surface area contributed by atoms with Crippen LogP contribution in [-0.2, 0) is 18.3 Å². The Morgan fingerprint density at radius 2 is 2.00 bits per heavy atom. The number of aryl methyl sites for hydroxylation is 2. The van der Waals surface area contributed by atoms with Crippen molar-refractivity contribution in [1.82, 2.24) is 4.57 Å². The number of benzene rings is 2. The minimum absolute atomic E-state index is 0.0157. The lowest BCUT2D eigenvalue weighted by atomic mass is 10.2. The van der Waals surface area contributed by atoms with E-state index >= 15 is 0 Å². The number of aromatic nitrogens is 1. The molecule has 0 unspecified atom stereocenters. The number of nitrogens with zero attached hydrogens (tertiary/aromatic N) is 3. The Labute approximate surface area is 153 Å². The SMILES string of the molecule is CCc1ccc2c(c1)sc(=NC(=O)C=Cc1ccc([N+](=O)[O-])cc1)n2C. The molecule has 0 spiro atoms. The van der Waals surface area contributed by atoms with Crippen LogP contribution >= 0.6 is 11.3 Å². The molecule has 0 aliphatic heterocycles. The molecule has 26 heavy (non-hydrogen) atoms. The molecule has 132 valence electrons. The lowest BCUT2D eigenvalue weighted by molar-refractivity contribution is -0.384. The lowest BCUT2D eigenvalue weighted by Crippen LogP contribution is -2.12. The van der Waals surface area contributed by atoms with Crippen LogP contribution in [-0.4, -0.2) is 15.4 Å². The minimum atomic E-state index is -0.459. The maximum absolute atomic E-state index is 12.1. The van der Waals surface area contributed by atoms with Crippen LogP contribution in [0.4, 0.5) is 5.69 Å². The molecule has 0 aliphatic rings. The number of hydrogen-bond acceptors (Lipinski definition) is 4. The molecule has 3 aromatic rings. The van der Waals surface area contributed by atoms with Crippen LogP contribution < -0.4 is 4.80 Å². The van der Waals surface area contributed by atoms with Gasteiger partial charge in [0, 0.05) is 25.3 Å². The second-order valence-electron chi connectivity index (χ2n) is 5.73. The van der Waals surface area contributed by atoms with Gasteiger partial charge < -0.3 is 4.57 Å². The Morgan fingerprint density at radius 1 is 1.27 bits per heavy atom. The summed E-state index contributed by atoms with van der Waals surface area (Å²) in [5.41, 5.74) is 3.00. The van der Waals surface area contributed by atoms with Gasteiger partial charge in [0.2, 0.25) is 0 Å². The van der Waals surface area contributed by atoms with Gasteiger partial charge in [-0.2, -0.15) is 4.99 Å². The van der Waals surface area contributed by atoms with Crippen molar-refractivity contribution in [2.24, 2.45) is 12.0 Å². The van der Waals surface area contributed by atoms with Gasteiger partial charge in [-0.05, 0) is 47.9 Å². The summed E-state index contributed by atoms with van der Waals surface area (Å²) in [4.78, 5) is 27.1. The molecule has 0 saturated carbocycles. The smallest absolute Gasteiger partial charge is 0.272 e. The molecule has 0 radical (unpaired) electrons.